The number of carbonyl (C=O) groups is 2. The first kappa shape index (κ1) is 37.0. The molecule has 3 aliphatic heterocycles. The van der Waals surface area contributed by atoms with Crippen LogP contribution in [0.4, 0.5) is 28.9 Å². The Hall–Kier alpha value is -5.36. The minimum absolute atomic E-state index is 0.00169. The molecule has 0 amide bonds. The summed E-state index contributed by atoms with van der Waals surface area (Å²) < 4.78 is 69.0. The lowest BCUT2D eigenvalue weighted by molar-refractivity contribution is 0.0684. The van der Waals surface area contributed by atoms with Crippen LogP contribution in [0, 0.1) is 23.3 Å². The molecular weight excluding hydrogens is 718 g/mol. The normalized spacial score (nSPS) is 20.2. The summed E-state index contributed by atoms with van der Waals surface area (Å²) in [4.78, 5) is 53.3. The maximum atomic E-state index is 15.5. The lowest BCUT2D eigenvalue weighted by atomic mass is 10.1. The standard InChI is InChI=1S/C19H20F3N3O3.C17H19FN4O4/c1-8-5-24(6-9(2)23-8)17-14(21)13(20)12-16(15(17)22)25(10-3-4-10)7-11(18(12)26)19(27)28;1-19-3-5-21(6-4-19)14-12(18)7-10-13-16(14)26-9-20(2)22(13)8-11(15(10)23)17(24)25/h7-10,23H,3-6H2,1-2H3,(H,27,28);7-8H,3-6,9H2,1-2H3,(H,24,25)/t8-,9+;. The lowest BCUT2D eigenvalue weighted by Crippen LogP contribution is -2.54. The van der Waals surface area contributed by atoms with Crippen LogP contribution in [-0.2, 0) is 0 Å². The van der Waals surface area contributed by atoms with Crippen LogP contribution in [0.2, 0.25) is 0 Å². The second kappa shape index (κ2) is 13.8. The molecule has 5 heterocycles. The quantitative estimate of drug-likeness (QED) is 0.203. The third kappa shape index (κ3) is 6.25. The van der Waals surface area contributed by atoms with Gasteiger partial charge in [0.05, 0.1) is 16.3 Å². The van der Waals surface area contributed by atoms with Crippen molar-refractivity contribution in [3.8, 4) is 5.75 Å². The van der Waals surface area contributed by atoms with E-state index in [4.69, 9.17) is 4.74 Å². The Labute approximate surface area is 305 Å². The Kier molecular flexibility index (Phi) is 9.45. The number of anilines is 2. The van der Waals surface area contributed by atoms with Crippen molar-refractivity contribution < 1.29 is 42.1 Å². The zero-order valence-corrected chi connectivity index (χ0v) is 30.0. The summed E-state index contributed by atoms with van der Waals surface area (Å²) in [7, 11) is 3.71. The summed E-state index contributed by atoms with van der Waals surface area (Å²) in [6, 6.07) is 0.747. The van der Waals surface area contributed by atoms with Crippen molar-refractivity contribution >= 4 is 45.1 Å². The number of hydrogen-bond donors (Lipinski definition) is 3. The average Bonchev–Trinajstić information content (AvgIpc) is 3.95. The predicted molar refractivity (Wildman–Crippen MR) is 192 cm³/mol. The fourth-order valence-electron chi connectivity index (χ4n) is 7.56. The Bertz CT molecular complexity index is 2330. The largest absolute Gasteiger partial charge is 0.477 e. The van der Waals surface area contributed by atoms with Crippen molar-refractivity contribution in [1.29, 1.82) is 0 Å². The topological polar surface area (TPSA) is 153 Å². The van der Waals surface area contributed by atoms with E-state index >= 15 is 4.39 Å². The molecule has 3 fully saturated rings. The predicted octanol–water partition coefficient (Wildman–Crippen LogP) is 3.15. The molecule has 288 valence electrons. The number of nitrogens with zero attached hydrogens (tertiary/aromatic N) is 6. The van der Waals surface area contributed by atoms with Gasteiger partial charge in [-0.3, -0.25) is 19.3 Å². The Morgan fingerprint density at radius 2 is 1.41 bits per heavy atom. The van der Waals surface area contributed by atoms with E-state index in [0.29, 0.717) is 37.1 Å². The molecule has 0 spiro atoms. The van der Waals surface area contributed by atoms with E-state index in [9.17, 15) is 42.6 Å². The highest BCUT2D eigenvalue weighted by molar-refractivity contribution is 5.97. The molecule has 4 aromatic rings. The molecule has 8 rings (SSSR count). The summed E-state index contributed by atoms with van der Waals surface area (Å²) in [6.07, 6.45) is 3.60. The number of carboxylic acids is 2. The molecule has 4 aliphatic rings. The van der Waals surface area contributed by atoms with Crippen molar-refractivity contribution in [3.63, 3.8) is 0 Å². The van der Waals surface area contributed by atoms with E-state index in [1.54, 1.807) is 16.7 Å². The van der Waals surface area contributed by atoms with Crippen molar-refractivity contribution in [3.05, 3.63) is 73.3 Å². The van der Waals surface area contributed by atoms with Crippen LogP contribution in [0.3, 0.4) is 0 Å². The minimum atomic E-state index is -1.56. The molecule has 3 N–H and O–H groups in total. The van der Waals surface area contributed by atoms with Crippen LogP contribution in [0.1, 0.15) is 53.4 Å². The number of nitrogens with one attached hydrogen (secondary N) is 1. The van der Waals surface area contributed by atoms with Gasteiger partial charge in [0.25, 0.3) is 0 Å². The van der Waals surface area contributed by atoms with Gasteiger partial charge in [0.15, 0.2) is 35.7 Å². The van der Waals surface area contributed by atoms with Crippen molar-refractivity contribution in [2.75, 3.05) is 74.9 Å². The van der Waals surface area contributed by atoms with E-state index in [1.165, 1.54) is 15.7 Å². The van der Waals surface area contributed by atoms with E-state index in [0.717, 1.165) is 25.4 Å². The van der Waals surface area contributed by atoms with E-state index in [1.807, 2.05) is 25.8 Å². The third-order valence-electron chi connectivity index (χ3n) is 10.3. The molecule has 54 heavy (non-hydrogen) atoms. The molecule has 0 radical (unpaired) electrons. The van der Waals surface area contributed by atoms with Crippen LogP contribution in [-0.4, -0.2) is 108 Å². The molecular formula is C36H39F4N7O7. The molecule has 1 aliphatic carbocycles. The molecule has 18 heteroatoms. The first-order chi connectivity index (χ1) is 25.6. The monoisotopic (exact) mass is 757 g/mol. The Morgan fingerprint density at radius 1 is 0.796 bits per heavy atom. The maximum Gasteiger partial charge on any atom is 0.341 e. The van der Waals surface area contributed by atoms with Gasteiger partial charge in [0, 0.05) is 76.8 Å². The van der Waals surface area contributed by atoms with Gasteiger partial charge in [-0.1, -0.05) is 0 Å². The number of rotatable bonds is 5. The highest BCUT2D eigenvalue weighted by Crippen LogP contribution is 2.42. The van der Waals surface area contributed by atoms with Gasteiger partial charge in [0.1, 0.15) is 28.0 Å². The van der Waals surface area contributed by atoms with E-state index in [2.05, 4.69) is 10.2 Å². The number of pyridine rings is 2. The van der Waals surface area contributed by atoms with Gasteiger partial charge in [0.2, 0.25) is 10.9 Å². The van der Waals surface area contributed by atoms with Crippen LogP contribution >= 0.6 is 0 Å². The summed E-state index contributed by atoms with van der Waals surface area (Å²) in [5.41, 5.74) is -3.19. The molecule has 2 atom stereocenters. The number of aromatic nitrogens is 2. The fourth-order valence-corrected chi connectivity index (χ4v) is 7.56. The first-order valence-electron chi connectivity index (χ1n) is 17.5. The molecule has 1 saturated carbocycles. The van der Waals surface area contributed by atoms with Crippen molar-refractivity contribution in [1.82, 2.24) is 19.5 Å². The molecule has 2 aromatic carbocycles. The highest BCUT2D eigenvalue weighted by atomic mass is 19.2. The molecule has 14 nitrogen and oxygen atoms in total. The number of benzene rings is 2. The van der Waals surface area contributed by atoms with Crippen LogP contribution in [0.5, 0.6) is 5.75 Å². The Balaban J connectivity index is 0.000000167. The van der Waals surface area contributed by atoms with Gasteiger partial charge in [-0.2, -0.15) is 0 Å². The summed E-state index contributed by atoms with van der Waals surface area (Å²) in [5.74, 6) is -7.19. The van der Waals surface area contributed by atoms with E-state index in [-0.39, 0.29) is 54.6 Å². The van der Waals surface area contributed by atoms with Gasteiger partial charge >= 0.3 is 11.9 Å². The minimum Gasteiger partial charge on any atom is -0.477 e. The number of aromatic carboxylic acids is 2. The maximum absolute atomic E-state index is 15.5. The fraction of sp³-hybridized carbons (Fsp3) is 0.444. The summed E-state index contributed by atoms with van der Waals surface area (Å²) in [6.45, 7) is 7.24. The van der Waals surface area contributed by atoms with Gasteiger partial charge in [-0.25, -0.2) is 27.2 Å². The van der Waals surface area contributed by atoms with Crippen LogP contribution < -0.4 is 35.7 Å². The van der Waals surface area contributed by atoms with Gasteiger partial charge < -0.3 is 39.5 Å². The van der Waals surface area contributed by atoms with Gasteiger partial charge in [-0.15, -0.1) is 0 Å². The number of hydrogen-bond acceptors (Lipinski definition) is 10. The lowest BCUT2D eigenvalue weighted by Gasteiger charge is -2.38. The second-order valence-electron chi connectivity index (χ2n) is 14.4. The number of ether oxygens (including phenoxy) is 1. The van der Waals surface area contributed by atoms with E-state index < -0.39 is 68.3 Å². The molecule has 2 aromatic heterocycles. The van der Waals surface area contributed by atoms with Crippen LogP contribution in [0.15, 0.2) is 28.0 Å². The summed E-state index contributed by atoms with van der Waals surface area (Å²) in [5, 5.41) is 22.6. The zero-order valence-electron chi connectivity index (χ0n) is 30.0. The van der Waals surface area contributed by atoms with Gasteiger partial charge in [-0.05, 0) is 39.8 Å². The summed E-state index contributed by atoms with van der Waals surface area (Å²) >= 11 is 0. The number of piperazine rings is 2. The average molecular weight is 758 g/mol. The smallest absolute Gasteiger partial charge is 0.341 e. The van der Waals surface area contributed by atoms with Crippen molar-refractivity contribution in [2.24, 2.45) is 0 Å². The molecule has 0 bridgehead atoms. The SMILES string of the molecule is CN1CCN(c2c(F)cc3c(=O)c(C(=O)O)cn4c3c2OCN4C)CC1.C[C@@H]1CN(c2c(F)c(F)c3c(=O)c(C(=O)O)cn(C4CC4)c3c2F)C[C@H](C)N1. The Morgan fingerprint density at radius 3 is 2.00 bits per heavy atom. The number of halogens is 4. The molecule has 0 unspecified atom stereocenters. The zero-order chi connectivity index (χ0) is 38.9. The molecule has 2 saturated heterocycles. The number of carboxylic acid groups (broad SMARTS) is 2. The third-order valence-corrected chi connectivity index (χ3v) is 10.3. The van der Waals surface area contributed by atoms with Crippen molar-refractivity contribution in [2.45, 2.75) is 44.8 Å². The number of fused-ring (bicyclic) bond motifs is 1. The van der Waals surface area contributed by atoms with Crippen LogP contribution in [0.25, 0.3) is 21.8 Å². The number of likely N-dealkylation sites (N-methyl/N-ethyl adjacent to an activating group) is 1. The highest BCUT2D eigenvalue weighted by Gasteiger charge is 2.35. The first-order valence-corrected chi connectivity index (χ1v) is 17.5. The second-order valence-corrected chi connectivity index (χ2v) is 14.4.